The number of aliphatic hydroxyl groups excluding tert-OH is 1. The Kier molecular flexibility index (Phi) is 1.25. The molecule has 0 aliphatic carbocycles. The molecule has 2 bridgehead atoms. The van der Waals surface area contributed by atoms with Crippen LogP contribution >= 0.6 is 0 Å². The molecule has 3 atom stereocenters. The summed E-state index contributed by atoms with van der Waals surface area (Å²) in [6.45, 7) is 2.63. The number of ether oxygens (including phenoxy) is 3. The van der Waals surface area contributed by atoms with E-state index < -0.39 is 12.1 Å². The average Bonchev–Trinajstić information content (AvgIpc) is 2.22. The van der Waals surface area contributed by atoms with Crippen molar-refractivity contribution in [1.29, 1.82) is 0 Å². The van der Waals surface area contributed by atoms with Crippen molar-refractivity contribution >= 4 is 0 Å². The third-order valence-electron chi connectivity index (χ3n) is 1.85. The standard InChI is InChI=1S/C6H10O4/c1-6-5(7)8-2-4(10-6)3-9-6/h4-5,7H,2-3H2,1H3. The van der Waals surface area contributed by atoms with E-state index in [1.807, 2.05) is 0 Å². The molecule has 0 saturated carbocycles. The van der Waals surface area contributed by atoms with Crippen LogP contribution in [0.4, 0.5) is 0 Å². The molecule has 0 spiro atoms. The van der Waals surface area contributed by atoms with Crippen molar-refractivity contribution < 1.29 is 19.3 Å². The summed E-state index contributed by atoms with van der Waals surface area (Å²) in [7, 11) is 0. The molecule has 4 nitrogen and oxygen atoms in total. The van der Waals surface area contributed by atoms with Crippen LogP contribution < -0.4 is 0 Å². The monoisotopic (exact) mass is 146 g/mol. The highest BCUT2D eigenvalue weighted by Crippen LogP contribution is 2.31. The number of hydrogen-bond acceptors (Lipinski definition) is 4. The predicted molar refractivity (Wildman–Crippen MR) is 31.2 cm³/mol. The second-order valence-electron chi connectivity index (χ2n) is 2.75. The lowest BCUT2D eigenvalue weighted by atomic mass is 10.3. The first-order valence-corrected chi connectivity index (χ1v) is 3.32. The maximum Gasteiger partial charge on any atom is 0.217 e. The van der Waals surface area contributed by atoms with Crippen molar-refractivity contribution in [2.24, 2.45) is 0 Å². The van der Waals surface area contributed by atoms with E-state index in [4.69, 9.17) is 14.2 Å². The molecule has 10 heavy (non-hydrogen) atoms. The molecule has 0 aromatic rings. The summed E-state index contributed by atoms with van der Waals surface area (Å²) < 4.78 is 15.5. The number of hydrogen-bond donors (Lipinski definition) is 1. The molecule has 0 radical (unpaired) electrons. The molecule has 0 aromatic carbocycles. The summed E-state index contributed by atoms with van der Waals surface area (Å²) in [5.74, 6) is -0.914. The largest absolute Gasteiger partial charge is 0.364 e. The van der Waals surface area contributed by atoms with Gasteiger partial charge in [-0.1, -0.05) is 0 Å². The van der Waals surface area contributed by atoms with Gasteiger partial charge in [-0.15, -0.1) is 0 Å². The smallest absolute Gasteiger partial charge is 0.217 e. The quantitative estimate of drug-likeness (QED) is 0.499. The van der Waals surface area contributed by atoms with Gasteiger partial charge in [-0.3, -0.25) is 0 Å². The molecule has 58 valence electrons. The maximum atomic E-state index is 9.18. The summed E-state index contributed by atoms with van der Waals surface area (Å²) in [5, 5.41) is 9.18. The van der Waals surface area contributed by atoms with Crippen LogP contribution in [0.3, 0.4) is 0 Å². The fraction of sp³-hybridized carbons (Fsp3) is 1.00. The van der Waals surface area contributed by atoms with Gasteiger partial charge in [0.1, 0.15) is 6.10 Å². The fourth-order valence-corrected chi connectivity index (χ4v) is 1.22. The van der Waals surface area contributed by atoms with Crippen molar-refractivity contribution in [1.82, 2.24) is 0 Å². The Labute approximate surface area is 58.7 Å². The number of rotatable bonds is 0. The Bertz CT molecular complexity index is 147. The maximum absolute atomic E-state index is 9.18. The minimum atomic E-state index is -0.939. The highest BCUT2D eigenvalue weighted by atomic mass is 16.8. The zero-order valence-electron chi connectivity index (χ0n) is 5.74. The number of fused-ring (bicyclic) bond motifs is 2. The van der Waals surface area contributed by atoms with E-state index in [1.165, 1.54) is 0 Å². The zero-order valence-corrected chi connectivity index (χ0v) is 5.74. The van der Waals surface area contributed by atoms with Crippen molar-refractivity contribution in [2.45, 2.75) is 25.1 Å². The van der Waals surface area contributed by atoms with Gasteiger partial charge in [0.05, 0.1) is 13.2 Å². The normalized spacial score (nSPS) is 53.4. The molecule has 2 saturated heterocycles. The first-order chi connectivity index (χ1) is 4.71. The lowest BCUT2D eigenvalue weighted by molar-refractivity contribution is -0.326. The summed E-state index contributed by atoms with van der Waals surface area (Å²) in [6.07, 6.45) is -0.931. The molecule has 2 fully saturated rings. The fourth-order valence-electron chi connectivity index (χ4n) is 1.22. The Hall–Kier alpha value is -0.160. The zero-order chi connectivity index (χ0) is 7.19. The summed E-state index contributed by atoms with van der Waals surface area (Å²) in [5.41, 5.74) is 0. The van der Waals surface area contributed by atoms with Crippen LogP contribution in [0.2, 0.25) is 0 Å². The number of aliphatic hydroxyl groups is 1. The summed E-state index contributed by atoms with van der Waals surface area (Å²) in [4.78, 5) is 0. The third kappa shape index (κ3) is 0.769. The van der Waals surface area contributed by atoms with Crippen molar-refractivity contribution in [2.75, 3.05) is 13.2 Å². The first kappa shape index (κ1) is 6.54. The van der Waals surface area contributed by atoms with Gasteiger partial charge >= 0.3 is 0 Å². The molecule has 2 aliphatic rings. The topological polar surface area (TPSA) is 47.9 Å². The van der Waals surface area contributed by atoms with E-state index in [0.29, 0.717) is 13.2 Å². The molecule has 0 aromatic heterocycles. The highest BCUT2D eigenvalue weighted by molar-refractivity contribution is 4.81. The van der Waals surface area contributed by atoms with Gasteiger partial charge in [-0.05, 0) is 6.92 Å². The summed E-state index contributed by atoms with van der Waals surface area (Å²) >= 11 is 0. The Morgan fingerprint density at radius 2 is 2.30 bits per heavy atom. The predicted octanol–water partition coefficient (Wildman–Crippen LogP) is -0.533. The van der Waals surface area contributed by atoms with E-state index in [2.05, 4.69) is 0 Å². The molecule has 4 heteroatoms. The van der Waals surface area contributed by atoms with Gasteiger partial charge in [-0.25, -0.2) is 0 Å². The van der Waals surface area contributed by atoms with Gasteiger partial charge in [0.15, 0.2) is 0 Å². The van der Waals surface area contributed by atoms with E-state index in [1.54, 1.807) is 6.92 Å². The molecule has 2 rings (SSSR count). The SMILES string of the molecule is CC12OCC(COC1O)O2. The van der Waals surface area contributed by atoms with Gasteiger partial charge in [0.25, 0.3) is 0 Å². The molecular formula is C6H10O4. The van der Waals surface area contributed by atoms with Crippen molar-refractivity contribution in [3.8, 4) is 0 Å². The van der Waals surface area contributed by atoms with Crippen LogP contribution in [-0.2, 0) is 14.2 Å². The Morgan fingerprint density at radius 3 is 3.00 bits per heavy atom. The minimum Gasteiger partial charge on any atom is -0.364 e. The lowest BCUT2D eigenvalue weighted by Gasteiger charge is -2.32. The second-order valence-corrected chi connectivity index (χ2v) is 2.75. The van der Waals surface area contributed by atoms with Crippen LogP contribution in [0.15, 0.2) is 0 Å². The molecule has 2 heterocycles. The van der Waals surface area contributed by atoms with Gasteiger partial charge in [0, 0.05) is 0 Å². The molecule has 3 unspecified atom stereocenters. The Balaban J connectivity index is 2.17. The van der Waals surface area contributed by atoms with Crippen LogP contribution in [0.25, 0.3) is 0 Å². The van der Waals surface area contributed by atoms with Crippen LogP contribution in [0, 0.1) is 0 Å². The minimum absolute atomic E-state index is 0.00778. The Morgan fingerprint density at radius 1 is 1.50 bits per heavy atom. The summed E-state index contributed by atoms with van der Waals surface area (Å²) in [6, 6.07) is 0. The first-order valence-electron chi connectivity index (χ1n) is 3.32. The van der Waals surface area contributed by atoms with Gasteiger partial charge in [0.2, 0.25) is 12.1 Å². The van der Waals surface area contributed by atoms with Crippen LogP contribution in [0.5, 0.6) is 0 Å². The molecule has 1 N–H and O–H groups in total. The second kappa shape index (κ2) is 1.92. The van der Waals surface area contributed by atoms with Crippen LogP contribution in [-0.4, -0.2) is 36.5 Å². The molecule has 2 aliphatic heterocycles. The highest BCUT2D eigenvalue weighted by Gasteiger charge is 2.48. The van der Waals surface area contributed by atoms with E-state index in [-0.39, 0.29) is 6.10 Å². The van der Waals surface area contributed by atoms with E-state index in [0.717, 1.165) is 0 Å². The van der Waals surface area contributed by atoms with E-state index >= 15 is 0 Å². The van der Waals surface area contributed by atoms with Crippen molar-refractivity contribution in [3.05, 3.63) is 0 Å². The molecular weight excluding hydrogens is 136 g/mol. The third-order valence-corrected chi connectivity index (χ3v) is 1.85. The lowest BCUT2D eigenvalue weighted by Crippen LogP contribution is -2.47. The van der Waals surface area contributed by atoms with Gasteiger partial charge in [-0.2, -0.15) is 0 Å². The van der Waals surface area contributed by atoms with Gasteiger partial charge < -0.3 is 19.3 Å². The van der Waals surface area contributed by atoms with Crippen molar-refractivity contribution in [3.63, 3.8) is 0 Å². The van der Waals surface area contributed by atoms with E-state index in [9.17, 15) is 5.11 Å². The molecule has 0 amide bonds. The van der Waals surface area contributed by atoms with Crippen LogP contribution in [0.1, 0.15) is 6.92 Å². The average molecular weight is 146 g/mol.